The number of hydrogen-bond acceptors (Lipinski definition) is 2. The maximum absolute atomic E-state index is 6.09. The monoisotopic (exact) mass is 261 g/mol. The van der Waals surface area contributed by atoms with Gasteiger partial charge >= 0.3 is 0 Å². The molecule has 1 atom stereocenters. The van der Waals surface area contributed by atoms with Crippen molar-refractivity contribution in [1.82, 2.24) is 5.32 Å². The summed E-state index contributed by atoms with van der Waals surface area (Å²) < 4.78 is 6.09. The molecule has 0 heterocycles. The number of aryl methyl sites for hydroxylation is 1. The van der Waals surface area contributed by atoms with E-state index >= 15 is 0 Å². The molecule has 1 aliphatic carbocycles. The minimum atomic E-state index is 0.458. The number of nitrogens with one attached hydrogen (secondary N) is 1. The van der Waals surface area contributed by atoms with Gasteiger partial charge in [0.1, 0.15) is 0 Å². The lowest BCUT2D eigenvalue weighted by Gasteiger charge is -2.32. The number of rotatable bonds is 5. The number of benzene rings is 1. The second-order valence-corrected chi connectivity index (χ2v) is 5.85. The van der Waals surface area contributed by atoms with Crippen molar-refractivity contribution in [1.29, 1.82) is 0 Å². The molecule has 1 fully saturated rings. The molecule has 1 aromatic rings. The highest BCUT2D eigenvalue weighted by Crippen LogP contribution is 2.29. The number of hydrogen-bond donors (Lipinski definition) is 1. The van der Waals surface area contributed by atoms with Gasteiger partial charge in [0, 0.05) is 6.04 Å². The molecule has 1 unspecified atom stereocenters. The molecule has 0 amide bonds. The standard InChI is InChI=1S/C17H27NO/c1-13-6-4-5-7-16(13)12-19-17-10-8-15(9-11-17)14(2)18-3/h4-7,14-15,17-18H,8-12H2,1-3H3. The van der Waals surface area contributed by atoms with Gasteiger partial charge in [-0.1, -0.05) is 24.3 Å². The summed E-state index contributed by atoms with van der Waals surface area (Å²) in [6.45, 7) is 5.22. The van der Waals surface area contributed by atoms with Crippen LogP contribution in [-0.2, 0) is 11.3 Å². The quantitative estimate of drug-likeness (QED) is 0.873. The predicted octanol–water partition coefficient (Wildman–Crippen LogP) is 3.68. The maximum Gasteiger partial charge on any atom is 0.0723 e. The van der Waals surface area contributed by atoms with Crippen molar-refractivity contribution in [3.05, 3.63) is 35.4 Å². The summed E-state index contributed by atoms with van der Waals surface area (Å²) in [5.74, 6) is 0.823. The van der Waals surface area contributed by atoms with Crippen LogP contribution in [-0.4, -0.2) is 19.2 Å². The van der Waals surface area contributed by atoms with E-state index in [1.807, 2.05) is 0 Å². The average molecular weight is 261 g/mol. The minimum Gasteiger partial charge on any atom is -0.374 e. The van der Waals surface area contributed by atoms with Crippen molar-refractivity contribution >= 4 is 0 Å². The zero-order valence-electron chi connectivity index (χ0n) is 12.5. The Morgan fingerprint density at radius 3 is 2.53 bits per heavy atom. The molecule has 106 valence electrons. The molecule has 0 aliphatic heterocycles. The summed E-state index contributed by atoms with van der Waals surface area (Å²) in [4.78, 5) is 0. The van der Waals surface area contributed by atoms with E-state index in [0.717, 1.165) is 12.5 Å². The van der Waals surface area contributed by atoms with E-state index in [4.69, 9.17) is 4.74 Å². The zero-order chi connectivity index (χ0) is 13.7. The van der Waals surface area contributed by atoms with E-state index < -0.39 is 0 Å². The molecule has 0 aromatic heterocycles. The Morgan fingerprint density at radius 2 is 1.89 bits per heavy atom. The molecule has 2 nitrogen and oxygen atoms in total. The molecule has 0 saturated heterocycles. The van der Waals surface area contributed by atoms with Gasteiger partial charge in [-0.15, -0.1) is 0 Å². The molecule has 0 bridgehead atoms. The first-order valence-corrected chi connectivity index (χ1v) is 7.54. The van der Waals surface area contributed by atoms with Crippen LogP contribution in [0.3, 0.4) is 0 Å². The third kappa shape index (κ3) is 4.05. The summed E-state index contributed by atoms with van der Waals surface area (Å²) in [5, 5.41) is 3.37. The van der Waals surface area contributed by atoms with Gasteiger partial charge in [-0.3, -0.25) is 0 Å². The van der Waals surface area contributed by atoms with Crippen molar-refractivity contribution < 1.29 is 4.74 Å². The first-order chi connectivity index (χ1) is 9.20. The van der Waals surface area contributed by atoms with Crippen LogP contribution >= 0.6 is 0 Å². The summed E-state index contributed by atoms with van der Waals surface area (Å²) in [6.07, 6.45) is 5.46. The summed E-state index contributed by atoms with van der Waals surface area (Å²) in [7, 11) is 2.06. The van der Waals surface area contributed by atoms with E-state index in [1.54, 1.807) is 0 Å². The van der Waals surface area contributed by atoms with Crippen LogP contribution in [0.2, 0.25) is 0 Å². The molecule has 0 radical (unpaired) electrons. The highest BCUT2D eigenvalue weighted by atomic mass is 16.5. The van der Waals surface area contributed by atoms with Gasteiger partial charge in [0.05, 0.1) is 12.7 Å². The largest absolute Gasteiger partial charge is 0.374 e. The van der Waals surface area contributed by atoms with Gasteiger partial charge in [-0.05, 0) is 63.6 Å². The van der Waals surface area contributed by atoms with Crippen LogP contribution in [0.1, 0.15) is 43.7 Å². The zero-order valence-corrected chi connectivity index (χ0v) is 12.5. The van der Waals surface area contributed by atoms with Gasteiger partial charge in [-0.25, -0.2) is 0 Å². The van der Waals surface area contributed by atoms with Crippen molar-refractivity contribution in [3.63, 3.8) is 0 Å². The fourth-order valence-electron chi connectivity index (χ4n) is 2.97. The molecule has 2 heteroatoms. The molecular formula is C17H27NO. The lowest BCUT2D eigenvalue weighted by molar-refractivity contribution is 0.00405. The van der Waals surface area contributed by atoms with E-state index in [0.29, 0.717) is 12.1 Å². The average Bonchev–Trinajstić information content (AvgIpc) is 2.46. The Morgan fingerprint density at radius 1 is 1.21 bits per heavy atom. The molecular weight excluding hydrogens is 234 g/mol. The predicted molar refractivity (Wildman–Crippen MR) is 80.2 cm³/mol. The molecule has 1 saturated carbocycles. The minimum absolute atomic E-state index is 0.458. The van der Waals surface area contributed by atoms with Crippen molar-refractivity contribution in [3.8, 4) is 0 Å². The molecule has 1 N–H and O–H groups in total. The van der Waals surface area contributed by atoms with Gasteiger partial charge < -0.3 is 10.1 Å². The normalized spacial score (nSPS) is 25.2. The second-order valence-electron chi connectivity index (χ2n) is 5.85. The van der Waals surface area contributed by atoms with E-state index in [9.17, 15) is 0 Å². The molecule has 1 aromatic carbocycles. The van der Waals surface area contributed by atoms with Crippen LogP contribution < -0.4 is 5.32 Å². The Labute approximate surface area is 117 Å². The van der Waals surface area contributed by atoms with Crippen LogP contribution in [0, 0.1) is 12.8 Å². The first kappa shape index (κ1) is 14.5. The van der Waals surface area contributed by atoms with Crippen LogP contribution in [0.25, 0.3) is 0 Å². The van der Waals surface area contributed by atoms with E-state index in [-0.39, 0.29) is 0 Å². The van der Waals surface area contributed by atoms with Crippen LogP contribution in [0.4, 0.5) is 0 Å². The highest BCUT2D eigenvalue weighted by Gasteiger charge is 2.24. The van der Waals surface area contributed by atoms with Gasteiger partial charge in [0.15, 0.2) is 0 Å². The third-order valence-electron chi connectivity index (χ3n) is 4.62. The van der Waals surface area contributed by atoms with Gasteiger partial charge in [0.25, 0.3) is 0 Å². The fourth-order valence-corrected chi connectivity index (χ4v) is 2.97. The summed E-state index contributed by atoms with van der Waals surface area (Å²) >= 11 is 0. The molecule has 2 rings (SSSR count). The topological polar surface area (TPSA) is 21.3 Å². The smallest absolute Gasteiger partial charge is 0.0723 e. The van der Waals surface area contributed by atoms with E-state index in [2.05, 4.69) is 50.5 Å². The third-order valence-corrected chi connectivity index (χ3v) is 4.62. The fraction of sp³-hybridized carbons (Fsp3) is 0.647. The summed E-state index contributed by atoms with van der Waals surface area (Å²) in [6, 6.07) is 9.14. The Kier molecular flexibility index (Phi) is 5.41. The second kappa shape index (κ2) is 7.06. The van der Waals surface area contributed by atoms with Crippen LogP contribution in [0.5, 0.6) is 0 Å². The lowest BCUT2D eigenvalue weighted by Crippen LogP contribution is -2.34. The first-order valence-electron chi connectivity index (χ1n) is 7.54. The summed E-state index contributed by atoms with van der Waals surface area (Å²) in [5.41, 5.74) is 2.66. The van der Waals surface area contributed by atoms with Gasteiger partial charge in [-0.2, -0.15) is 0 Å². The van der Waals surface area contributed by atoms with Crippen molar-refractivity contribution in [2.45, 2.75) is 58.3 Å². The van der Waals surface area contributed by atoms with E-state index in [1.165, 1.54) is 36.8 Å². The highest BCUT2D eigenvalue weighted by molar-refractivity contribution is 5.24. The Hall–Kier alpha value is -0.860. The molecule has 19 heavy (non-hydrogen) atoms. The Balaban J connectivity index is 1.76. The van der Waals surface area contributed by atoms with Crippen molar-refractivity contribution in [2.75, 3.05) is 7.05 Å². The lowest BCUT2D eigenvalue weighted by atomic mass is 9.83. The maximum atomic E-state index is 6.09. The molecule has 0 spiro atoms. The Bertz CT molecular complexity index is 383. The number of ether oxygens (including phenoxy) is 1. The van der Waals surface area contributed by atoms with Crippen LogP contribution in [0.15, 0.2) is 24.3 Å². The SMILES string of the molecule is CNC(C)C1CCC(OCc2ccccc2C)CC1. The van der Waals surface area contributed by atoms with Gasteiger partial charge in [0.2, 0.25) is 0 Å². The molecule has 1 aliphatic rings. The van der Waals surface area contributed by atoms with Crippen molar-refractivity contribution in [2.24, 2.45) is 5.92 Å².